The van der Waals surface area contributed by atoms with Crippen LogP contribution in [0.2, 0.25) is 0 Å². The fraction of sp³-hybridized carbons (Fsp3) is 0.0625. The van der Waals surface area contributed by atoms with Gasteiger partial charge in [0.1, 0.15) is 0 Å². The van der Waals surface area contributed by atoms with E-state index in [1.54, 1.807) is 0 Å². The molecule has 0 nitrogen and oxygen atoms in total. The molecule has 0 saturated carbocycles. The topological polar surface area (TPSA) is 0 Å². The first kappa shape index (κ1) is 16.8. The molecule has 0 fully saturated rings. The molecule has 148 valence electrons. The maximum absolute atomic E-state index is 2.40. The molecule has 0 radical (unpaired) electrons. The van der Waals surface area contributed by atoms with Crippen LogP contribution in [0.25, 0.3) is 54.6 Å². The minimum absolute atomic E-state index is 1.03. The zero-order chi connectivity index (χ0) is 20.8. The van der Waals surface area contributed by atoms with Crippen molar-refractivity contribution in [1.82, 2.24) is 0 Å². The average Bonchev–Trinajstić information content (AvgIpc) is 3.42. The molecule has 0 saturated heterocycles. The lowest BCUT2D eigenvalue weighted by Gasteiger charge is -2.17. The minimum atomic E-state index is 1.03. The largest absolute Gasteiger partial charge is 0.0619 e. The van der Waals surface area contributed by atoms with Crippen molar-refractivity contribution in [2.45, 2.75) is 12.8 Å². The molecule has 8 rings (SSSR count). The first-order valence-corrected chi connectivity index (χ1v) is 11.5. The number of fused-ring (bicyclic) bond motifs is 14. The highest BCUT2D eigenvalue weighted by atomic mass is 14.3. The molecule has 2 aliphatic carbocycles. The van der Waals surface area contributed by atoms with Gasteiger partial charge in [0.05, 0.1) is 0 Å². The zero-order valence-corrected chi connectivity index (χ0v) is 17.7. The summed E-state index contributed by atoms with van der Waals surface area (Å²) < 4.78 is 0. The van der Waals surface area contributed by atoms with Gasteiger partial charge in [-0.05, 0) is 89.7 Å². The van der Waals surface area contributed by atoms with Gasteiger partial charge in [-0.15, -0.1) is 0 Å². The smallest absolute Gasteiger partial charge is 0.00132 e. The van der Waals surface area contributed by atoms with Gasteiger partial charge in [-0.1, -0.05) is 97.1 Å². The Balaban J connectivity index is 1.66. The van der Waals surface area contributed by atoms with Gasteiger partial charge in [0.25, 0.3) is 0 Å². The van der Waals surface area contributed by atoms with Crippen LogP contribution in [0.15, 0.2) is 97.1 Å². The van der Waals surface area contributed by atoms with Crippen LogP contribution in [0.5, 0.6) is 0 Å². The molecular weight excluding hydrogens is 384 g/mol. The number of rotatable bonds is 0. The van der Waals surface area contributed by atoms with Crippen LogP contribution in [-0.2, 0) is 12.8 Å². The SMILES string of the molecule is c1ccc2c(c1)Cc1ccc3c(c1-2)c1ccccc1c1ccc2c(c13)-c1ccccc1C2. The number of hydrogen-bond acceptors (Lipinski definition) is 0. The lowest BCUT2D eigenvalue weighted by Crippen LogP contribution is -1.91. The summed E-state index contributed by atoms with van der Waals surface area (Å²) in [4.78, 5) is 0. The summed E-state index contributed by atoms with van der Waals surface area (Å²) >= 11 is 0. The lowest BCUT2D eigenvalue weighted by atomic mass is 9.86. The molecule has 0 amide bonds. The standard InChI is InChI=1S/C32H20/c1-3-9-23-20(8-1)18-22-14-16-28-31(29(22)23)26-12-6-5-11-25(26)27-15-13-21-17-19-7-2-4-10-24(19)30(21)32(27)28/h1-16H,17-18H2. The van der Waals surface area contributed by atoms with Gasteiger partial charge in [0.15, 0.2) is 0 Å². The molecule has 0 heterocycles. The highest BCUT2D eigenvalue weighted by Crippen LogP contribution is 2.50. The van der Waals surface area contributed by atoms with E-state index in [9.17, 15) is 0 Å². The van der Waals surface area contributed by atoms with E-state index in [-0.39, 0.29) is 0 Å². The third-order valence-corrected chi connectivity index (χ3v) is 7.67. The summed E-state index contributed by atoms with van der Waals surface area (Å²) in [5.41, 5.74) is 11.5. The van der Waals surface area contributed by atoms with E-state index in [0.29, 0.717) is 0 Å². The van der Waals surface area contributed by atoms with Gasteiger partial charge in [0, 0.05) is 0 Å². The molecule has 6 aromatic rings. The van der Waals surface area contributed by atoms with Crippen LogP contribution >= 0.6 is 0 Å². The molecule has 0 heteroatoms. The van der Waals surface area contributed by atoms with E-state index < -0.39 is 0 Å². The van der Waals surface area contributed by atoms with Crippen LogP contribution in [0.3, 0.4) is 0 Å². The van der Waals surface area contributed by atoms with Crippen molar-refractivity contribution in [3.8, 4) is 22.3 Å². The van der Waals surface area contributed by atoms with Crippen LogP contribution < -0.4 is 0 Å². The third kappa shape index (κ3) is 1.98. The average molecular weight is 405 g/mol. The van der Waals surface area contributed by atoms with Crippen molar-refractivity contribution < 1.29 is 0 Å². The van der Waals surface area contributed by atoms with E-state index in [0.717, 1.165) is 12.8 Å². The Morgan fingerprint density at radius 3 is 1.44 bits per heavy atom. The van der Waals surface area contributed by atoms with E-state index in [2.05, 4.69) is 97.1 Å². The predicted octanol–water partition coefficient (Wildman–Crippen LogP) is 8.29. The van der Waals surface area contributed by atoms with Crippen LogP contribution in [0, 0.1) is 0 Å². The van der Waals surface area contributed by atoms with E-state index >= 15 is 0 Å². The molecule has 0 N–H and O–H groups in total. The summed E-state index contributed by atoms with van der Waals surface area (Å²) in [6, 6.07) is 36.4. The quantitative estimate of drug-likeness (QED) is 0.223. The summed E-state index contributed by atoms with van der Waals surface area (Å²) in [7, 11) is 0. The third-order valence-electron chi connectivity index (χ3n) is 7.67. The van der Waals surface area contributed by atoms with Crippen molar-refractivity contribution in [2.24, 2.45) is 0 Å². The molecule has 0 unspecified atom stereocenters. The summed E-state index contributed by atoms with van der Waals surface area (Å²) in [5, 5.41) is 8.34. The van der Waals surface area contributed by atoms with E-state index in [1.807, 2.05) is 0 Å². The predicted molar refractivity (Wildman–Crippen MR) is 135 cm³/mol. The maximum atomic E-state index is 2.40. The second-order valence-corrected chi connectivity index (χ2v) is 9.26. The summed E-state index contributed by atoms with van der Waals surface area (Å²) in [6.45, 7) is 0. The second kappa shape index (κ2) is 5.87. The molecule has 0 bridgehead atoms. The minimum Gasteiger partial charge on any atom is -0.0619 e. The number of hydrogen-bond donors (Lipinski definition) is 0. The molecule has 6 aromatic carbocycles. The van der Waals surface area contributed by atoms with Gasteiger partial charge in [-0.25, -0.2) is 0 Å². The zero-order valence-electron chi connectivity index (χ0n) is 17.7. The molecule has 0 atom stereocenters. The van der Waals surface area contributed by atoms with Gasteiger partial charge in [-0.3, -0.25) is 0 Å². The normalized spacial score (nSPS) is 13.4. The monoisotopic (exact) mass is 404 g/mol. The Morgan fingerprint density at radius 1 is 0.344 bits per heavy atom. The molecule has 0 spiro atoms. The summed E-state index contributed by atoms with van der Waals surface area (Å²) in [5.74, 6) is 0. The van der Waals surface area contributed by atoms with Gasteiger partial charge in [-0.2, -0.15) is 0 Å². The Kier molecular flexibility index (Phi) is 3.07. The first-order chi connectivity index (χ1) is 15.9. The van der Waals surface area contributed by atoms with Crippen molar-refractivity contribution >= 4 is 32.3 Å². The van der Waals surface area contributed by atoms with Gasteiger partial charge >= 0.3 is 0 Å². The Morgan fingerprint density at radius 2 is 0.812 bits per heavy atom. The molecule has 2 aliphatic rings. The molecule has 0 aromatic heterocycles. The fourth-order valence-electron chi connectivity index (χ4n) is 6.38. The second-order valence-electron chi connectivity index (χ2n) is 9.26. The number of benzene rings is 6. The van der Waals surface area contributed by atoms with Crippen molar-refractivity contribution in [3.63, 3.8) is 0 Å². The Bertz CT molecular complexity index is 1680. The molecule has 32 heavy (non-hydrogen) atoms. The molecular formula is C32H20. The summed E-state index contributed by atoms with van der Waals surface area (Å²) in [6.07, 6.45) is 2.06. The van der Waals surface area contributed by atoms with Crippen LogP contribution in [0.1, 0.15) is 22.3 Å². The van der Waals surface area contributed by atoms with Crippen molar-refractivity contribution in [2.75, 3.05) is 0 Å². The highest BCUT2D eigenvalue weighted by Gasteiger charge is 2.26. The maximum Gasteiger partial charge on any atom is -0.00132 e. The van der Waals surface area contributed by atoms with Gasteiger partial charge < -0.3 is 0 Å². The van der Waals surface area contributed by atoms with Crippen molar-refractivity contribution in [3.05, 3.63) is 119 Å². The lowest BCUT2D eigenvalue weighted by molar-refractivity contribution is 1.27. The Hall–Kier alpha value is -3.90. The van der Waals surface area contributed by atoms with Gasteiger partial charge in [0.2, 0.25) is 0 Å². The van der Waals surface area contributed by atoms with E-state index in [1.165, 1.54) is 76.8 Å². The highest BCUT2D eigenvalue weighted by molar-refractivity contribution is 6.32. The molecule has 0 aliphatic heterocycles. The van der Waals surface area contributed by atoms with Crippen LogP contribution in [0.4, 0.5) is 0 Å². The fourth-order valence-corrected chi connectivity index (χ4v) is 6.38. The first-order valence-electron chi connectivity index (χ1n) is 11.5. The Labute approximate surface area is 186 Å². The van der Waals surface area contributed by atoms with Crippen LogP contribution in [-0.4, -0.2) is 0 Å². The van der Waals surface area contributed by atoms with E-state index in [4.69, 9.17) is 0 Å². The van der Waals surface area contributed by atoms with Crippen molar-refractivity contribution in [1.29, 1.82) is 0 Å².